The number of carbonyl (C=O) groups is 1. The van der Waals surface area contributed by atoms with Crippen molar-refractivity contribution in [3.05, 3.63) is 38.2 Å². The second-order valence-corrected chi connectivity index (χ2v) is 8.72. The van der Waals surface area contributed by atoms with Gasteiger partial charge in [-0.25, -0.2) is 9.78 Å². The van der Waals surface area contributed by atoms with Crippen molar-refractivity contribution in [2.24, 2.45) is 5.92 Å². The lowest BCUT2D eigenvalue weighted by Crippen LogP contribution is -2.53. The van der Waals surface area contributed by atoms with Gasteiger partial charge in [0.05, 0.1) is 17.0 Å². The van der Waals surface area contributed by atoms with E-state index in [1.807, 2.05) is 20.8 Å². The lowest BCUT2D eigenvalue weighted by molar-refractivity contribution is 0.0578. The zero-order valence-electron chi connectivity index (χ0n) is 18.2. The van der Waals surface area contributed by atoms with Gasteiger partial charge in [-0.05, 0) is 31.7 Å². The average Bonchev–Trinajstić information content (AvgIpc) is 3.59. The first-order valence-corrected chi connectivity index (χ1v) is 11.0. The summed E-state index contributed by atoms with van der Waals surface area (Å²) in [5, 5.41) is 9.64. The van der Waals surface area contributed by atoms with Gasteiger partial charge >= 0.3 is 5.69 Å². The molecule has 0 radical (unpaired) electrons. The summed E-state index contributed by atoms with van der Waals surface area (Å²) in [5.41, 5.74) is 0.275. The number of piperazine rings is 1. The Balaban J connectivity index is 1.71. The lowest BCUT2D eigenvalue weighted by atomic mass is 10.0. The van der Waals surface area contributed by atoms with Crippen LogP contribution in [0.4, 0.5) is 0 Å². The second-order valence-electron chi connectivity index (χ2n) is 8.72. The van der Waals surface area contributed by atoms with Gasteiger partial charge in [0.25, 0.3) is 11.5 Å². The van der Waals surface area contributed by atoms with Crippen molar-refractivity contribution in [3.63, 3.8) is 0 Å². The summed E-state index contributed by atoms with van der Waals surface area (Å²) in [6, 6.07) is 3.92. The number of nitrogens with one attached hydrogen (secondary N) is 1. The van der Waals surface area contributed by atoms with Crippen molar-refractivity contribution in [3.8, 4) is 6.07 Å². The van der Waals surface area contributed by atoms with Gasteiger partial charge in [-0.1, -0.05) is 13.8 Å². The lowest BCUT2D eigenvalue weighted by Gasteiger charge is -2.38. The fourth-order valence-corrected chi connectivity index (χ4v) is 4.37. The van der Waals surface area contributed by atoms with Gasteiger partial charge in [0.1, 0.15) is 6.04 Å². The third-order valence-corrected chi connectivity index (χ3v) is 6.27. The minimum absolute atomic E-state index is 0.176. The molecular formula is C22H28N6O3. The van der Waals surface area contributed by atoms with Crippen LogP contribution in [0.2, 0.25) is 0 Å². The van der Waals surface area contributed by atoms with Crippen LogP contribution < -0.4 is 11.2 Å². The molecule has 1 saturated heterocycles. The fraction of sp³-hybridized carbons (Fsp3) is 0.591. The molecular weight excluding hydrogens is 396 g/mol. The van der Waals surface area contributed by atoms with Crippen LogP contribution in [0.15, 0.2) is 15.7 Å². The van der Waals surface area contributed by atoms with E-state index in [2.05, 4.69) is 20.9 Å². The molecule has 1 unspecified atom stereocenters. The maximum absolute atomic E-state index is 13.5. The highest BCUT2D eigenvalue weighted by Crippen LogP contribution is 2.40. The molecule has 0 aromatic carbocycles. The van der Waals surface area contributed by atoms with E-state index in [4.69, 9.17) is 0 Å². The van der Waals surface area contributed by atoms with Gasteiger partial charge in [-0.3, -0.25) is 24.0 Å². The Hall–Kier alpha value is -2.99. The van der Waals surface area contributed by atoms with E-state index >= 15 is 0 Å². The van der Waals surface area contributed by atoms with Gasteiger partial charge in [0.2, 0.25) is 0 Å². The van der Waals surface area contributed by atoms with Gasteiger partial charge < -0.3 is 4.90 Å². The standard InChI is InChI=1S/C22H28N6O3/c1-4-28-19-18(20(29)25-22(28)31)15(11-16(24-19)14-5-6-14)21(30)27-9-7-26(8-10-27)17(12-23)13(2)3/h11,13-14,17H,4-10H2,1-3H3,(H,25,29,31). The van der Waals surface area contributed by atoms with Crippen molar-refractivity contribution in [1.82, 2.24) is 24.3 Å². The van der Waals surface area contributed by atoms with E-state index in [9.17, 15) is 19.6 Å². The number of aromatic amines is 1. The molecule has 2 aliphatic rings. The van der Waals surface area contributed by atoms with Crippen LogP contribution in [0.3, 0.4) is 0 Å². The van der Waals surface area contributed by atoms with E-state index in [1.54, 1.807) is 11.0 Å². The summed E-state index contributed by atoms with van der Waals surface area (Å²) in [6.45, 7) is 8.39. The number of fused-ring (bicyclic) bond motifs is 1. The molecule has 2 aromatic heterocycles. The number of amides is 1. The van der Waals surface area contributed by atoms with Gasteiger partial charge in [-0.15, -0.1) is 0 Å². The van der Waals surface area contributed by atoms with Gasteiger partial charge in [0.15, 0.2) is 5.65 Å². The van der Waals surface area contributed by atoms with Gasteiger partial charge in [0, 0.05) is 44.3 Å². The molecule has 1 N–H and O–H groups in total. The summed E-state index contributed by atoms with van der Waals surface area (Å²) in [5.74, 6) is 0.260. The predicted octanol–water partition coefficient (Wildman–Crippen LogP) is 1.29. The monoisotopic (exact) mass is 424 g/mol. The van der Waals surface area contributed by atoms with Crippen LogP contribution in [-0.2, 0) is 6.54 Å². The van der Waals surface area contributed by atoms with Crippen molar-refractivity contribution < 1.29 is 4.79 Å². The normalized spacial score (nSPS) is 18.4. The van der Waals surface area contributed by atoms with Gasteiger partial charge in [-0.2, -0.15) is 5.26 Å². The number of nitrogens with zero attached hydrogens (tertiary/aromatic N) is 5. The number of rotatable bonds is 5. The minimum Gasteiger partial charge on any atom is -0.336 e. The predicted molar refractivity (Wildman–Crippen MR) is 116 cm³/mol. The third kappa shape index (κ3) is 3.88. The number of carbonyl (C=O) groups excluding carboxylic acids is 1. The summed E-state index contributed by atoms with van der Waals surface area (Å²) >= 11 is 0. The summed E-state index contributed by atoms with van der Waals surface area (Å²) in [4.78, 5) is 49.3. The quantitative estimate of drug-likeness (QED) is 0.773. The smallest absolute Gasteiger partial charge is 0.329 e. The molecule has 164 valence electrons. The van der Waals surface area contributed by atoms with Crippen molar-refractivity contribution in [1.29, 1.82) is 5.26 Å². The fourth-order valence-electron chi connectivity index (χ4n) is 4.37. The molecule has 3 heterocycles. The molecule has 4 rings (SSSR count). The highest BCUT2D eigenvalue weighted by atomic mass is 16.2. The van der Waals surface area contributed by atoms with E-state index in [0.717, 1.165) is 18.5 Å². The highest BCUT2D eigenvalue weighted by Gasteiger charge is 2.32. The molecule has 9 nitrogen and oxygen atoms in total. The Morgan fingerprint density at radius 1 is 1.26 bits per heavy atom. The van der Waals surface area contributed by atoms with E-state index in [0.29, 0.717) is 38.3 Å². The summed E-state index contributed by atoms with van der Waals surface area (Å²) < 4.78 is 1.41. The van der Waals surface area contributed by atoms with Crippen LogP contribution in [0.5, 0.6) is 0 Å². The topological polar surface area (TPSA) is 115 Å². The molecule has 1 aliphatic carbocycles. The molecule has 9 heteroatoms. The summed E-state index contributed by atoms with van der Waals surface area (Å²) in [7, 11) is 0. The van der Waals surface area contributed by atoms with Crippen molar-refractivity contribution in [2.45, 2.75) is 52.1 Å². The Bertz CT molecular complexity index is 1160. The molecule has 0 bridgehead atoms. The van der Waals surface area contributed by atoms with Crippen molar-refractivity contribution in [2.75, 3.05) is 26.2 Å². The first-order valence-electron chi connectivity index (χ1n) is 11.0. The largest absolute Gasteiger partial charge is 0.336 e. The van der Waals surface area contributed by atoms with E-state index in [-0.39, 0.29) is 34.8 Å². The zero-order chi connectivity index (χ0) is 22.3. The van der Waals surface area contributed by atoms with Crippen molar-refractivity contribution >= 4 is 16.9 Å². The minimum atomic E-state index is -0.578. The number of H-pyrrole nitrogens is 1. The molecule has 2 aromatic rings. The van der Waals surface area contributed by atoms with E-state index in [1.165, 1.54) is 4.57 Å². The zero-order valence-corrected chi connectivity index (χ0v) is 18.2. The van der Waals surface area contributed by atoms with Crippen LogP contribution in [-0.4, -0.2) is 62.5 Å². The van der Waals surface area contributed by atoms with Crippen LogP contribution >= 0.6 is 0 Å². The first kappa shape index (κ1) is 21.2. The highest BCUT2D eigenvalue weighted by molar-refractivity contribution is 6.05. The number of pyridine rings is 1. The second kappa shape index (κ2) is 8.27. The molecule has 1 saturated carbocycles. The Kier molecular flexibility index (Phi) is 5.67. The van der Waals surface area contributed by atoms with Crippen LogP contribution in [0, 0.1) is 17.2 Å². The molecule has 1 aliphatic heterocycles. The number of nitriles is 1. The van der Waals surface area contributed by atoms with Crippen LogP contribution in [0.1, 0.15) is 55.6 Å². The number of aryl methyl sites for hydroxylation is 1. The Labute approximate surface area is 180 Å². The number of hydrogen-bond donors (Lipinski definition) is 1. The molecule has 0 spiro atoms. The van der Waals surface area contributed by atoms with Crippen LogP contribution in [0.25, 0.3) is 11.0 Å². The average molecular weight is 425 g/mol. The summed E-state index contributed by atoms with van der Waals surface area (Å²) in [6.07, 6.45) is 1.99. The SMILES string of the molecule is CCn1c(=O)[nH]c(=O)c2c(C(=O)N3CCN(C(C#N)C(C)C)CC3)cc(C3CC3)nc21. The maximum atomic E-state index is 13.5. The maximum Gasteiger partial charge on any atom is 0.329 e. The molecule has 1 atom stereocenters. The molecule has 1 amide bonds. The Morgan fingerprint density at radius 3 is 2.48 bits per heavy atom. The number of hydrogen-bond acceptors (Lipinski definition) is 6. The Morgan fingerprint density at radius 2 is 1.94 bits per heavy atom. The molecule has 2 fully saturated rings. The third-order valence-electron chi connectivity index (χ3n) is 6.27. The first-order chi connectivity index (χ1) is 14.8. The van der Waals surface area contributed by atoms with E-state index < -0.39 is 11.2 Å². The number of aromatic nitrogens is 3. The molecule has 31 heavy (non-hydrogen) atoms.